The van der Waals surface area contributed by atoms with Crippen molar-refractivity contribution in [2.24, 2.45) is 5.10 Å². The second-order valence-corrected chi connectivity index (χ2v) is 6.16. The number of carbonyl (C=O) groups is 2. The Labute approximate surface area is 170 Å². The fourth-order valence-corrected chi connectivity index (χ4v) is 2.44. The number of hydrogen-bond donors (Lipinski definition) is 2. The van der Waals surface area contributed by atoms with E-state index in [4.69, 9.17) is 9.47 Å². The predicted octanol–water partition coefficient (Wildman–Crippen LogP) is 3.86. The Morgan fingerprint density at radius 3 is 2.43 bits per heavy atom. The van der Waals surface area contributed by atoms with Gasteiger partial charge in [0.25, 0.3) is 5.91 Å². The maximum Gasteiger partial charge on any atom is 0.416 e. The van der Waals surface area contributed by atoms with Crippen LogP contribution in [-0.4, -0.2) is 31.7 Å². The number of nitrogens with one attached hydrogen (secondary N) is 2. The van der Waals surface area contributed by atoms with E-state index >= 15 is 0 Å². The van der Waals surface area contributed by atoms with Crippen LogP contribution in [0.4, 0.5) is 18.9 Å². The molecule has 2 aromatic carbocycles. The van der Waals surface area contributed by atoms with Crippen LogP contribution >= 0.6 is 0 Å². The maximum absolute atomic E-state index is 12.7. The summed E-state index contributed by atoms with van der Waals surface area (Å²) in [6, 6.07) is 8.90. The van der Waals surface area contributed by atoms with E-state index in [-0.39, 0.29) is 29.1 Å². The molecule has 0 aliphatic rings. The van der Waals surface area contributed by atoms with E-state index in [9.17, 15) is 22.8 Å². The number of amides is 2. The molecule has 30 heavy (non-hydrogen) atoms. The molecule has 0 aliphatic heterocycles. The van der Waals surface area contributed by atoms with Gasteiger partial charge in [0.1, 0.15) is 11.5 Å². The average Bonchev–Trinajstić information content (AvgIpc) is 2.70. The number of alkyl halides is 3. The van der Waals surface area contributed by atoms with Crippen molar-refractivity contribution in [2.75, 3.05) is 19.5 Å². The molecular weight excluding hydrogens is 403 g/mol. The normalized spacial score (nSPS) is 11.6. The number of rotatable bonds is 7. The third-order valence-electron chi connectivity index (χ3n) is 3.89. The van der Waals surface area contributed by atoms with Gasteiger partial charge in [0.15, 0.2) is 0 Å². The van der Waals surface area contributed by atoms with Crippen LogP contribution < -0.4 is 20.2 Å². The van der Waals surface area contributed by atoms with Crippen molar-refractivity contribution < 1.29 is 32.2 Å². The molecule has 0 saturated heterocycles. The molecule has 0 spiro atoms. The number of methoxy groups -OCH3 is 2. The molecule has 10 heteroatoms. The van der Waals surface area contributed by atoms with Gasteiger partial charge in [0.05, 0.1) is 31.8 Å². The first-order valence-electron chi connectivity index (χ1n) is 8.66. The zero-order valence-corrected chi connectivity index (χ0v) is 16.5. The van der Waals surface area contributed by atoms with Gasteiger partial charge in [0, 0.05) is 17.5 Å². The molecule has 0 unspecified atom stereocenters. The number of ether oxygens (including phenoxy) is 2. The number of benzene rings is 2. The Morgan fingerprint density at radius 1 is 1.07 bits per heavy atom. The fourth-order valence-electron chi connectivity index (χ4n) is 2.44. The first-order chi connectivity index (χ1) is 14.1. The van der Waals surface area contributed by atoms with Crippen LogP contribution in [0.5, 0.6) is 11.5 Å². The van der Waals surface area contributed by atoms with Gasteiger partial charge in [-0.2, -0.15) is 18.3 Å². The van der Waals surface area contributed by atoms with Crippen LogP contribution in [0.25, 0.3) is 0 Å². The zero-order chi connectivity index (χ0) is 22.3. The van der Waals surface area contributed by atoms with Crippen LogP contribution in [0.2, 0.25) is 0 Å². The van der Waals surface area contributed by atoms with Crippen molar-refractivity contribution in [3.8, 4) is 11.5 Å². The molecule has 0 heterocycles. The molecule has 0 fully saturated rings. The highest BCUT2D eigenvalue weighted by atomic mass is 19.4. The van der Waals surface area contributed by atoms with E-state index in [1.165, 1.54) is 45.4 Å². The van der Waals surface area contributed by atoms with Crippen molar-refractivity contribution >= 4 is 23.2 Å². The lowest BCUT2D eigenvalue weighted by atomic mass is 10.2. The number of nitrogens with zero attached hydrogens (tertiary/aromatic N) is 1. The first kappa shape index (κ1) is 22.7. The van der Waals surface area contributed by atoms with Gasteiger partial charge < -0.3 is 14.8 Å². The molecule has 0 aromatic heterocycles. The third kappa shape index (κ3) is 6.23. The minimum absolute atomic E-state index is 0.00892. The van der Waals surface area contributed by atoms with E-state index in [1.54, 1.807) is 6.07 Å². The monoisotopic (exact) mass is 423 g/mol. The number of hydrogen-bond acceptors (Lipinski definition) is 5. The van der Waals surface area contributed by atoms with E-state index in [2.05, 4.69) is 15.8 Å². The molecule has 2 aromatic rings. The van der Waals surface area contributed by atoms with Gasteiger partial charge in [-0.25, -0.2) is 5.43 Å². The van der Waals surface area contributed by atoms with Gasteiger partial charge in [-0.1, -0.05) is 6.07 Å². The fraction of sp³-hybridized carbons (Fsp3) is 0.250. The van der Waals surface area contributed by atoms with Gasteiger partial charge >= 0.3 is 6.18 Å². The molecule has 0 radical (unpaired) electrons. The van der Waals surface area contributed by atoms with Crippen LogP contribution in [0.15, 0.2) is 47.6 Å². The average molecular weight is 423 g/mol. The molecule has 0 aliphatic carbocycles. The van der Waals surface area contributed by atoms with Gasteiger partial charge in [-0.15, -0.1) is 0 Å². The van der Waals surface area contributed by atoms with Crippen molar-refractivity contribution in [1.82, 2.24) is 5.43 Å². The standard InChI is InChI=1S/C20H20F3N3O4/c1-12(9-18(27)24-14-6-4-5-13(10-14)20(21,22)23)25-26-19(28)16-8-7-15(29-2)11-17(16)30-3/h4-8,10-11H,9H2,1-3H3,(H,24,27)(H,26,28)/b25-12+. The van der Waals surface area contributed by atoms with Gasteiger partial charge in [0.2, 0.25) is 5.91 Å². The predicted molar refractivity (Wildman–Crippen MR) is 105 cm³/mol. The smallest absolute Gasteiger partial charge is 0.416 e. The number of anilines is 1. The zero-order valence-electron chi connectivity index (χ0n) is 16.5. The minimum atomic E-state index is -4.51. The van der Waals surface area contributed by atoms with E-state index in [1.807, 2.05) is 0 Å². The summed E-state index contributed by atoms with van der Waals surface area (Å²) >= 11 is 0. The summed E-state index contributed by atoms with van der Waals surface area (Å²) in [6.07, 6.45) is -4.73. The van der Waals surface area contributed by atoms with E-state index < -0.39 is 23.6 Å². The highest BCUT2D eigenvalue weighted by Crippen LogP contribution is 2.30. The summed E-state index contributed by atoms with van der Waals surface area (Å²) < 4.78 is 48.4. The van der Waals surface area contributed by atoms with Crippen molar-refractivity contribution in [3.63, 3.8) is 0 Å². The molecule has 2 rings (SSSR count). The molecule has 7 nitrogen and oxygen atoms in total. The molecular formula is C20H20F3N3O4. The maximum atomic E-state index is 12.7. The Morgan fingerprint density at radius 2 is 1.80 bits per heavy atom. The molecule has 2 amide bonds. The van der Waals surface area contributed by atoms with Crippen LogP contribution in [0.3, 0.4) is 0 Å². The number of carbonyl (C=O) groups excluding carboxylic acids is 2. The van der Waals surface area contributed by atoms with Crippen molar-refractivity contribution in [3.05, 3.63) is 53.6 Å². The van der Waals surface area contributed by atoms with Crippen LogP contribution in [-0.2, 0) is 11.0 Å². The minimum Gasteiger partial charge on any atom is -0.497 e. The van der Waals surface area contributed by atoms with E-state index in [0.717, 1.165) is 12.1 Å². The van der Waals surface area contributed by atoms with E-state index in [0.29, 0.717) is 5.75 Å². The van der Waals surface area contributed by atoms with Crippen LogP contribution in [0, 0.1) is 0 Å². The second kappa shape index (κ2) is 9.77. The van der Waals surface area contributed by atoms with Gasteiger partial charge in [-0.05, 0) is 37.3 Å². The molecule has 0 saturated carbocycles. The quantitative estimate of drug-likeness (QED) is 0.523. The summed E-state index contributed by atoms with van der Waals surface area (Å²) in [7, 11) is 2.88. The number of hydrazone groups is 1. The van der Waals surface area contributed by atoms with Crippen molar-refractivity contribution in [1.29, 1.82) is 0 Å². The highest BCUT2D eigenvalue weighted by molar-refractivity contribution is 6.06. The first-order valence-corrected chi connectivity index (χ1v) is 8.66. The topological polar surface area (TPSA) is 89.0 Å². The molecule has 0 atom stereocenters. The SMILES string of the molecule is COc1ccc(C(=O)N/N=C(\C)CC(=O)Nc2cccc(C(F)(F)F)c2)c(OC)c1. The summed E-state index contributed by atoms with van der Waals surface area (Å²) in [5.74, 6) is -0.352. The number of halogens is 3. The molecule has 0 bridgehead atoms. The summed E-state index contributed by atoms with van der Waals surface area (Å²) in [4.78, 5) is 24.3. The molecule has 2 N–H and O–H groups in total. The summed E-state index contributed by atoms with van der Waals surface area (Å²) in [5, 5.41) is 6.22. The van der Waals surface area contributed by atoms with Gasteiger partial charge in [-0.3, -0.25) is 9.59 Å². The summed E-state index contributed by atoms with van der Waals surface area (Å²) in [5.41, 5.74) is 1.91. The van der Waals surface area contributed by atoms with Crippen LogP contribution in [0.1, 0.15) is 29.3 Å². The third-order valence-corrected chi connectivity index (χ3v) is 3.89. The largest absolute Gasteiger partial charge is 0.497 e. The lowest BCUT2D eigenvalue weighted by Crippen LogP contribution is -2.22. The summed E-state index contributed by atoms with van der Waals surface area (Å²) in [6.45, 7) is 1.50. The Hall–Kier alpha value is -3.56. The lowest BCUT2D eigenvalue weighted by molar-refractivity contribution is -0.137. The highest BCUT2D eigenvalue weighted by Gasteiger charge is 2.30. The second-order valence-electron chi connectivity index (χ2n) is 6.16. The Balaban J connectivity index is 1.98. The van der Waals surface area contributed by atoms with Crippen molar-refractivity contribution in [2.45, 2.75) is 19.5 Å². The molecule has 160 valence electrons. The Bertz CT molecular complexity index is 959. The Kier molecular flexibility index (Phi) is 7.40. The lowest BCUT2D eigenvalue weighted by Gasteiger charge is -2.10.